The van der Waals surface area contributed by atoms with E-state index in [1.165, 1.54) is 0 Å². The fourth-order valence-corrected chi connectivity index (χ4v) is 5.76. The molecule has 1 amide bonds. The van der Waals surface area contributed by atoms with Crippen LogP contribution in [0.5, 0.6) is 5.75 Å². The van der Waals surface area contributed by atoms with Crippen LogP contribution in [-0.4, -0.2) is 12.1 Å². The normalized spacial score (nSPS) is 11.1. The van der Waals surface area contributed by atoms with Crippen molar-refractivity contribution in [3.05, 3.63) is 107 Å². The Bertz CT molecular complexity index is 1300. The number of ether oxygens (including phenoxy) is 1. The number of nitrogens with zero attached hydrogens (tertiary/aromatic N) is 1. The first-order chi connectivity index (χ1) is 16.0. The number of halogens is 3. The molecule has 4 aromatic rings. The van der Waals surface area contributed by atoms with Gasteiger partial charge in [-0.2, -0.15) is 5.10 Å². The molecule has 0 aliphatic heterocycles. The lowest BCUT2D eigenvalue weighted by molar-refractivity contribution is -0.120. The Hall–Kier alpha value is -1.98. The molecule has 0 aliphatic rings. The van der Waals surface area contributed by atoms with E-state index in [2.05, 4.69) is 71.6 Å². The van der Waals surface area contributed by atoms with Crippen LogP contribution in [0.3, 0.4) is 0 Å². The van der Waals surface area contributed by atoms with Gasteiger partial charge in [0.15, 0.2) is 0 Å². The third-order valence-corrected chi connectivity index (χ3v) is 7.08. The first-order valence-electron chi connectivity index (χ1n) is 10.1. The standard InChI is InChI=1S/C26H19BrI2N2O2/c27-21-10-8-17(9-11-21)16-33-26-23(28)12-18(13-24(26)29)15-30-31-25(32)14-20-6-3-5-19-4-1-2-7-22(19)20/h1-13,15H,14,16H2,(H,31,32). The van der Waals surface area contributed by atoms with E-state index >= 15 is 0 Å². The van der Waals surface area contributed by atoms with E-state index in [-0.39, 0.29) is 12.3 Å². The summed E-state index contributed by atoms with van der Waals surface area (Å²) in [6.45, 7) is 0.497. The van der Waals surface area contributed by atoms with Crippen LogP contribution < -0.4 is 10.2 Å². The molecule has 0 fully saturated rings. The number of nitrogens with one attached hydrogen (secondary N) is 1. The Labute approximate surface area is 228 Å². The minimum Gasteiger partial charge on any atom is -0.487 e. The molecular weight excluding hydrogens is 706 g/mol. The predicted molar refractivity (Wildman–Crippen MR) is 154 cm³/mol. The van der Waals surface area contributed by atoms with Crippen LogP contribution in [0.4, 0.5) is 0 Å². The highest BCUT2D eigenvalue weighted by molar-refractivity contribution is 14.1. The average molecular weight is 725 g/mol. The van der Waals surface area contributed by atoms with Crippen LogP contribution in [0.2, 0.25) is 0 Å². The Balaban J connectivity index is 1.37. The van der Waals surface area contributed by atoms with Crippen molar-refractivity contribution in [1.82, 2.24) is 5.43 Å². The van der Waals surface area contributed by atoms with Crippen molar-refractivity contribution in [2.45, 2.75) is 13.0 Å². The van der Waals surface area contributed by atoms with Crippen LogP contribution >= 0.6 is 61.1 Å². The number of hydrogen-bond donors (Lipinski definition) is 1. The number of hydrogen-bond acceptors (Lipinski definition) is 3. The summed E-state index contributed by atoms with van der Waals surface area (Å²) in [5.41, 5.74) is 5.62. The van der Waals surface area contributed by atoms with Gasteiger partial charge in [0.25, 0.3) is 0 Å². The summed E-state index contributed by atoms with van der Waals surface area (Å²) < 4.78 is 9.07. The molecule has 0 heterocycles. The molecule has 0 aliphatic carbocycles. The Kier molecular flexibility index (Phi) is 8.37. The lowest BCUT2D eigenvalue weighted by Gasteiger charge is -2.11. The van der Waals surface area contributed by atoms with Crippen molar-refractivity contribution in [3.63, 3.8) is 0 Å². The molecule has 0 radical (unpaired) electrons. The SMILES string of the molecule is O=C(Cc1cccc2ccccc12)NN=Cc1cc(I)c(OCc2ccc(Br)cc2)c(I)c1. The van der Waals surface area contributed by atoms with E-state index in [0.29, 0.717) is 6.61 Å². The van der Waals surface area contributed by atoms with Crippen molar-refractivity contribution in [1.29, 1.82) is 0 Å². The second-order valence-corrected chi connectivity index (χ2v) is 10.6. The van der Waals surface area contributed by atoms with Gasteiger partial charge in [0, 0.05) is 4.47 Å². The summed E-state index contributed by atoms with van der Waals surface area (Å²) in [5.74, 6) is 0.692. The molecule has 0 saturated heterocycles. The molecule has 166 valence electrons. The minimum atomic E-state index is -0.151. The van der Waals surface area contributed by atoms with Crippen molar-refractivity contribution >= 4 is 84.0 Å². The molecule has 0 saturated carbocycles. The van der Waals surface area contributed by atoms with Gasteiger partial charge in [0.2, 0.25) is 5.91 Å². The third kappa shape index (κ3) is 6.54. The van der Waals surface area contributed by atoms with Crippen LogP contribution in [-0.2, 0) is 17.8 Å². The van der Waals surface area contributed by atoms with Gasteiger partial charge < -0.3 is 4.74 Å². The molecule has 0 bridgehead atoms. The number of carbonyl (C=O) groups is 1. The number of benzene rings is 4. The van der Waals surface area contributed by atoms with E-state index in [1.807, 2.05) is 78.9 Å². The topological polar surface area (TPSA) is 50.7 Å². The first-order valence-corrected chi connectivity index (χ1v) is 13.1. The summed E-state index contributed by atoms with van der Waals surface area (Å²) in [7, 11) is 0. The average Bonchev–Trinajstić information content (AvgIpc) is 2.80. The predicted octanol–water partition coefficient (Wildman–Crippen LogP) is 7.08. The quantitative estimate of drug-likeness (QED) is 0.126. The number of amides is 1. The van der Waals surface area contributed by atoms with E-state index in [1.54, 1.807) is 6.21 Å². The highest BCUT2D eigenvalue weighted by Gasteiger charge is 2.10. The number of carbonyl (C=O) groups excluding carboxylic acids is 1. The van der Waals surface area contributed by atoms with Crippen molar-refractivity contribution in [2.24, 2.45) is 5.10 Å². The number of hydrazone groups is 1. The smallest absolute Gasteiger partial charge is 0.244 e. The molecule has 7 heteroatoms. The zero-order valence-electron chi connectivity index (χ0n) is 17.4. The molecule has 33 heavy (non-hydrogen) atoms. The fourth-order valence-electron chi connectivity index (χ4n) is 3.37. The van der Waals surface area contributed by atoms with Crippen LogP contribution in [0.15, 0.2) is 88.4 Å². The molecule has 0 spiro atoms. The van der Waals surface area contributed by atoms with Gasteiger partial charge in [-0.05, 0) is 96.9 Å². The Morgan fingerprint density at radius 2 is 1.67 bits per heavy atom. The minimum absolute atomic E-state index is 0.151. The number of rotatable bonds is 7. The van der Waals surface area contributed by atoms with Crippen LogP contribution in [0.1, 0.15) is 16.7 Å². The maximum atomic E-state index is 12.4. The summed E-state index contributed by atoms with van der Waals surface area (Å²) >= 11 is 7.97. The molecule has 0 unspecified atom stereocenters. The summed E-state index contributed by atoms with van der Waals surface area (Å²) in [6.07, 6.45) is 1.93. The Morgan fingerprint density at radius 1 is 0.970 bits per heavy atom. The van der Waals surface area contributed by atoms with Gasteiger partial charge in [-0.15, -0.1) is 0 Å². The van der Waals surface area contributed by atoms with Gasteiger partial charge in [0.05, 0.1) is 19.8 Å². The molecule has 0 atom stereocenters. The van der Waals surface area contributed by atoms with Crippen molar-refractivity contribution in [3.8, 4) is 5.75 Å². The molecule has 4 nitrogen and oxygen atoms in total. The first kappa shape index (κ1) is 24.2. The summed E-state index contributed by atoms with van der Waals surface area (Å²) in [5, 5.41) is 6.36. The van der Waals surface area contributed by atoms with Gasteiger partial charge >= 0.3 is 0 Å². The van der Waals surface area contributed by atoms with Gasteiger partial charge in [-0.1, -0.05) is 70.5 Å². The molecular formula is C26H19BrI2N2O2. The molecule has 4 rings (SSSR count). The Morgan fingerprint density at radius 3 is 2.42 bits per heavy atom. The zero-order chi connectivity index (χ0) is 23.2. The second-order valence-electron chi connectivity index (χ2n) is 7.34. The van der Waals surface area contributed by atoms with E-state index in [0.717, 1.165) is 44.8 Å². The highest BCUT2D eigenvalue weighted by atomic mass is 127. The maximum Gasteiger partial charge on any atom is 0.244 e. The summed E-state index contributed by atoms with van der Waals surface area (Å²) in [6, 6.07) is 26.1. The maximum absolute atomic E-state index is 12.4. The zero-order valence-corrected chi connectivity index (χ0v) is 23.3. The van der Waals surface area contributed by atoms with Crippen molar-refractivity contribution in [2.75, 3.05) is 0 Å². The van der Waals surface area contributed by atoms with Gasteiger partial charge in [-0.3, -0.25) is 4.79 Å². The van der Waals surface area contributed by atoms with Gasteiger partial charge in [0.1, 0.15) is 12.4 Å². The van der Waals surface area contributed by atoms with Crippen LogP contribution in [0, 0.1) is 7.14 Å². The lowest BCUT2D eigenvalue weighted by Crippen LogP contribution is -2.19. The largest absolute Gasteiger partial charge is 0.487 e. The summed E-state index contributed by atoms with van der Waals surface area (Å²) in [4.78, 5) is 12.4. The second kappa shape index (κ2) is 11.4. The number of fused-ring (bicyclic) bond motifs is 1. The van der Waals surface area contributed by atoms with Crippen LogP contribution in [0.25, 0.3) is 10.8 Å². The monoisotopic (exact) mass is 724 g/mol. The molecule has 1 N–H and O–H groups in total. The fraction of sp³-hybridized carbons (Fsp3) is 0.0769. The highest BCUT2D eigenvalue weighted by Crippen LogP contribution is 2.29. The molecule has 0 aromatic heterocycles. The van der Waals surface area contributed by atoms with E-state index in [9.17, 15) is 4.79 Å². The van der Waals surface area contributed by atoms with Crippen molar-refractivity contribution < 1.29 is 9.53 Å². The lowest BCUT2D eigenvalue weighted by atomic mass is 10.0. The molecule has 4 aromatic carbocycles. The van der Waals surface area contributed by atoms with E-state index < -0.39 is 0 Å². The van der Waals surface area contributed by atoms with Gasteiger partial charge in [-0.25, -0.2) is 5.43 Å². The van der Waals surface area contributed by atoms with E-state index in [4.69, 9.17) is 4.74 Å². The third-order valence-electron chi connectivity index (χ3n) is 4.95.